The first-order chi connectivity index (χ1) is 16.8. The fourth-order valence-corrected chi connectivity index (χ4v) is 5.57. The summed E-state index contributed by atoms with van der Waals surface area (Å²) in [6, 6.07) is 11.3. The molecular formula is C25H21F4N5O. The molecule has 0 saturated heterocycles. The number of aromatic amines is 1. The van der Waals surface area contributed by atoms with Crippen molar-refractivity contribution in [2.24, 2.45) is 0 Å². The van der Waals surface area contributed by atoms with Gasteiger partial charge in [-0.2, -0.15) is 23.3 Å². The number of hydrogen-bond acceptors (Lipinski definition) is 5. The molecule has 4 aromatic rings. The topological polar surface area (TPSA) is 80.5 Å². The third-order valence-electron chi connectivity index (χ3n) is 7.70. The first-order valence-corrected chi connectivity index (χ1v) is 11.5. The Morgan fingerprint density at radius 3 is 2.17 bits per heavy atom. The van der Waals surface area contributed by atoms with Crippen molar-refractivity contribution in [1.82, 2.24) is 25.3 Å². The number of fused-ring (bicyclic) bond motifs is 3. The number of halogens is 4. The first kappa shape index (κ1) is 21.9. The Bertz CT molecular complexity index is 1350. The van der Waals surface area contributed by atoms with Crippen LogP contribution in [0.1, 0.15) is 55.7 Å². The monoisotopic (exact) mass is 483 g/mol. The van der Waals surface area contributed by atoms with Gasteiger partial charge in [0, 0.05) is 22.0 Å². The van der Waals surface area contributed by atoms with E-state index in [2.05, 4.69) is 25.3 Å². The van der Waals surface area contributed by atoms with Crippen LogP contribution in [0.25, 0.3) is 22.8 Å². The molecule has 35 heavy (non-hydrogen) atoms. The maximum atomic E-state index is 13.5. The quantitative estimate of drug-likeness (QED) is 0.349. The van der Waals surface area contributed by atoms with E-state index >= 15 is 0 Å². The predicted octanol–water partition coefficient (Wildman–Crippen LogP) is 6.22. The summed E-state index contributed by atoms with van der Waals surface area (Å²) in [4.78, 5) is 9.18. The van der Waals surface area contributed by atoms with E-state index in [0.29, 0.717) is 23.1 Å². The number of nitrogens with zero attached hydrogens (tertiary/aromatic N) is 4. The average Bonchev–Trinajstić information content (AvgIpc) is 3.57. The van der Waals surface area contributed by atoms with E-state index in [-0.39, 0.29) is 28.0 Å². The number of hydrogen-bond donors (Lipinski definition) is 1. The fourth-order valence-electron chi connectivity index (χ4n) is 5.57. The molecule has 0 amide bonds. The molecule has 1 N–H and O–H groups in total. The Kier molecular flexibility index (Phi) is 4.84. The van der Waals surface area contributed by atoms with Gasteiger partial charge in [-0.1, -0.05) is 23.4 Å². The fraction of sp³-hybridized carbons (Fsp3) is 0.360. The van der Waals surface area contributed by atoms with Gasteiger partial charge in [-0.3, -0.25) is 5.10 Å². The maximum absolute atomic E-state index is 13.5. The second kappa shape index (κ2) is 7.73. The van der Waals surface area contributed by atoms with Gasteiger partial charge in [0.15, 0.2) is 11.6 Å². The van der Waals surface area contributed by atoms with Crippen LogP contribution in [0.15, 0.2) is 53.1 Å². The number of aromatic nitrogens is 5. The highest BCUT2D eigenvalue weighted by atomic mass is 19.4. The minimum atomic E-state index is -4.48. The van der Waals surface area contributed by atoms with Crippen LogP contribution >= 0.6 is 0 Å². The standard InChI is InChI=1S/C25H21F4N5O/c26-16-7-5-15(6-8-16)20-31-22(34-35-20)24-12-9-23(10-13-24,11-14-24)21-30-19(32-33-21)17-3-1-2-4-18(17)25(27,28)29/h1-8H,9-14H2,(H,30,32,33). The number of alkyl halides is 3. The number of nitrogens with one attached hydrogen (secondary N) is 1. The van der Waals surface area contributed by atoms with E-state index in [1.165, 1.54) is 24.3 Å². The lowest BCUT2D eigenvalue weighted by molar-refractivity contribution is -0.137. The van der Waals surface area contributed by atoms with Crippen LogP contribution in [-0.4, -0.2) is 25.3 Å². The van der Waals surface area contributed by atoms with E-state index in [0.717, 1.165) is 44.6 Å². The minimum absolute atomic E-state index is 0.0278. The van der Waals surface area contributed by atoms with E-state index in [1.54, 1.807) is 18.2 Å². The Morgan fingerprint density at radius 1 is 0.829 bits per heavy atom. The molecule has 3 aliphatic rings. The van der Waals surface area contributed by atoms with Gasteiger partial charge in [-0.05, 0) is 68.9 Å². The predicted molar refractivity (Wildman–Crippen MR) is 118 cm³/mol. The van der Waals surface area contributed by atoms with Crippen molar-refractivity contribution in [1.29, 1.82) is 0 Å². The molecule has 2 heterocycles. The van der Waals surface area contributed by atoms with Crippen molar-refractivity contribution in [3.63, 3.8) is 0 Å². The van der Waals surface area contributed by atoms with Crippen LogP contribution in [-0.2, 0) is 17.0 Å². The number of rotatable bonds is 4. The average molecular weight is 483 g/mol. The zero-order chi connectivity index (χ0) is 24.3. The molecule has 6 nitrogen and oxygen atoms in total. The van der Waals surface area contributed by atoms with Gasteiger partial charge in [0.05, 0.1) is 5.56 Å². The van der Waals surface area contributed by atoms with Crippen LogP contribution < -0.4 is 0 Å². The van der Waals surface area contributed by atoms with Crippen molar-refractivity contribution in [2.45, 2.75) is 55.5 Å². The van der Waals surface area contributed by atoms with Gasteiger partial charge < -0.3 is 4.52 Å². The molecule has 180 valence electrons. The molecule has 0 aliphatic heterocycles. The van der Waals surface area contributed by atoms with Gasteiger partial charge in [0.1, 0.15) is 11.6 Å². The van der Waals surface area contributed by atoms with Gasteiger partial charge >= 0.3 is 6.18 Å². The third kappa shape index (κ3) is 3.62. The lowest BCUT2D eigenvalue weighted by Crippen LogP contribution is -2.47. The second-order valence-corrected chi connectivity index (χ2v) is 9.54. The van der Waals surface area contributed by atoms with Crippen LogP contribution in [0.3, 0.4) is 0 Å². The summed E-state index contributed by atoms with van der Waals surface area (Å²) in [5, 5.41) is 11.4. The molecule has 0 unspecified atom stereocenters. The molecule has 0 radical (unpaired) electrons. The van der Waals surface area contributed by atoms with Crippen LogP contribution in [0.2, 0.25) is 0 Å². The molecule has 2 aromatic carbocycles. The summed E-state index contributed by atoms with van der Waals surface area (Å²) in [6.07, 6.45) is 0.330. The van der Waals surface area contributed by atoms with Gasteiger partial charge in [0.25, 0.3) is 5.89 Å². The Balaban J connectivity index is 1.24. The molecule has 3 saturated carbocycles. The van der Waals surface area contributed by atoms with Crippen LogP contribution in [0.5, 0.6) is 0 Å². The van der Waals surface area contributed by atoms with Gasteiger partial charge in [0.2, 0.25) is 0 Å². The Hall–Kier alpha value is -3.56. The lowest BCUT2D eigenvalue weighted by Gasteiger charge is -2.50. The Morgan fingerprint density at radius 2 is 1.49 bits per heavy atom. The first-order valence-electron chi connectivity index (χ1n) is 11.5. The smallest absolute Gasteiger partial charge is 0.334 e. The van der Waals surface area contributed by atoms with E-state index < -0.39 is 11.7 Å². The zero-order valence-corrected chi connectivity index (χ0v) is 18.6. The van der Waals surface area contributed by atoms with E-state index in [1.807, 2.05) is 0 Å². The number of benzene rings is 2. The Labute approximate surface area is 197 Å². The zero-order valence-electron chi connectivity index (χ0n) is 18.6. The lowest BCUT2D eigenvalue weighted by atomic mass is 9.53. The molecule has 0 spiro atoms. The van der Waals surface area contributed by atoms with Crippen molar-refractivity contribution in [3.05, 3.63) is 71.6 Å². The molecule has 0 atom stereocenters. The number of H-pyrrole nitrogens is 1. The van der Waals surface area contributed by atoms with Crippen molar-refractivity contribution in [2.75, 3.05) is 0 Å². The van der Waals surface area contributed by atoms with Gasteiger partial charge in [-0.15, -0.1) is 0 Å². The highest BCUT2D eigenvalue weighted by Crippen LogP contribution is 2.57. The highest BCUT2D eigenvalue weighted by molar-refractivity contribution is 5.61. The molecule has 10 heteroatoms. The van der Waals surface area contributed by atoms with E-state index in [4.69, 9.17) is 4.52 Å². The maximum Gasteiger partial charge on any atom is 0.417 e. The second-order valence-electron chi connectivity index (χ2n) is 9.54. The third-order valence-corrected chi connectivity index (χ3v) is 7.70. The summed E-state index contributed by atoms with van der Waals surface area (Å²) >= 11 is 0. The summed E-state index contributed by atoms with van der Waals surface area (Å²) in [6.45, 7) is 0. The van der Waals surface area contributed by atoms with Crippen LogP contribution in [0.4, 0.5) is 17.6 Å². The largest absolute Gasteiger partial charge is 0.417 e. The SMILES string of the molecule is Fc1ccc(-c2nc(C34CCC(c5nc(-c6ccccc6C(F)(F)F)n[nH]5)(CC3)CC4)no2)cc1. The minimum Gasteiger partial charge on any atom is -0.334 e. The summed E-state index contributed by atoms with van der Waals surface area (Å²) in [7, 11) is 0. The van der Waals surface area contributed by atoms with Crippen molar-refractivity contribution in [3.8, 4) is 22.8 Å². The molecule has 3 aliphatic carbocycles. The molecule has 2 aromatic heterocycles. The molecule has 7 rings (SSSR count). The van der Waals surface area contributed by atoms with Crippen molar-refractivity contribution >= 4 is 0 Å². The van der Waals surface area contributed by atoms with Crippen molar-refractivity contribution < 1.29 is 22.1 Å². The van der Waals surface area contributed by atoms with E-state index in [9.17, 15) is 17.6 Å². The summed E-state index contributed by atoms with van der Waals surface area (Å²) in [5.41, 5.74) is -0.585. The molecule has 3 fully saturated rings. The highest BCUT2D eigenvalue weighted by Gasteiger charge is 2.53. The van der Waals surface area contributed by atoms with Crippen LogP contribution in [0, 0.1) is 5.82 Å². The molecular weight excluding hydrogens is 462 g/mol. The molecule has 2 bridgehead atoms. The normalized spacial score (nSPS) is 24.1. The summed E-state index contributed by atoms with van der Waals surface area (Å²) < 4.78 is 59.1. The van der Waals surface area contributed by atoms with Gasteiger partial charge in [-0.25, -0.2) is 9.37 Å². The summed E-state index contributed by atoms with van der Waals surface area (Å²) in [5.74, 6) is 1.38.